The number of carbonyl (C=O) groups excluding carboxylic acids is 2. The molecular formula is C17H18N4O2. The van der Waals surface area contributed by atoms with Crippen LogP contribution in [-0.2, 0) is 7.05 Å². The third-order valence-electron chi connectivity index (χ3n) is 4.62. The lowest BCUT2D eigenvalue weighted by Gasteiger charge is -2.40. The van der Waals surface area contributed by atoms with E-state index in [0.29, 0.717) is 29.9 Å². The summed E-state index contributed by atoms with van der Waals surface area (Å²) >= 11 is 0. The van der Waals surface area contributed by atoms with Gasteiger partial charge in [-0.15, -0.1) is 0 Å². The number of hydrogen-bond acceptors (Lipinski definition) is 3. The first-order chi connectivity index (χ1) is 11.1. The highest BCUT2D eigenvalue weighted by atomic mass is 16.2. The lowest BCUT2D eigenvalue weighted by Crippen LogP contribution is -2.48. The number of amides is 2. The Morgan fingerprint density at radius 3 is 2.78 bits per heavy atom. The van der Waals surface area contributed by atoms with Gasteiger partial charge in [-0.3, -0.25) is 14.3 Å². The van der Waals surface area contributed by atoms with Gasteiger partial charge >= 0.3 is 0 Å². The number of fused-ring (bicyclic) bond motifs is 3. The van der Waals surface area contributed by atoms with Gasteiger partial charge in [0.2, 0.25) is 0 Å². The number of rotatable bonds is 1. The van der Waals surface area contributed by atoms with Gasteiger partial charge in [-0.05, 0) is 19.4 Å². The number of benzene rings is 1. The predicted octanol–water partition coefficient (Wildman–Crippen LogP) is 1.73. The van der Waals surface area contributed by atoms with Crippen LogP contribution in [0, 0.1) is 6.92 Å². The summed E-state index contributed by atoms with van der Waals surface area (Å²) in [6, 6.07) is 7.57. The highest BCUT2D eigenvalue weighted by Gasteiger charge is 2.44. The van der Waals surface area contributed by atoms with E-state index in [-0.39, 0.29) is 18.0 Å². The van der Waals surface area contributed by atoms with Crippen molar-refractivity contribution in [3.8, 4) is 0 Å². The Morgan fingerprint density at radius 2 is 2.04 bits per heavy atom. The molecule has 3 heterocycles. The molecule has 1 atom stereocenters. The molecule has 0 N–H and O–H groups in total. The molecule has 1 saturated heterocycles. The van der Waals surface area contributed by atoms with E-state index >= 15 is 0 Å². The average molecular weight is 310 g/mol. The van der Waals surface area contributed by atoms with Crippen LogP contribution >= 0.6 is 0 Å². The summed E-state index contributed by atoms with van der Waals surface area (Å²) in [7, 11) is 1.81. The van der Waals surface area contributed by atoms with Crippen LogP contribution in [0.15, 0.2) is 30.5 Å². The second-order valence-corrected chi connectivity index (χ2v) is 6.11. The zero-order chi connectivity index (χ0) is 16.1. The fourth-order valence-corrected chi connectivity index (χ4v) is 3.62. The van der Waals surface area contributed by atoms with Gasteiger partial charge in [0.05, 0.1) is 11.3 Å². The van der Waals surface area contributed by atoms with Crippen LogP contribution in [0.5, 0.6) is 0 Å². The van der Waals surface area contributed by atoms with E-state index in [2.05, 4.69) is 5.10 Å². The molecule has 0 unspecified atom stereocenters. The van der Waals surface area contributed by atoms with Crippen molar-refractivity contribution in [3.63, 3.8) is 0 Å². The SMILES string of the molecule is Cc1nn(C)cc1C(=O)N1CCCN2C(=O)c3ccccc3[C@H]21. The van der Waals surface area contributed by atoms with Gasteiger partial charge in [-0.25, -0.2) is 0 Å². The van der Waals surface area contributed by atoms with Crippen molar-refractivity contribution >= 4 is 11.8 Å². The molecule has 0 bridgehead atoms. The van der Waals surface area contributed by atoms with E-state index in [1.54, 1.807) is 27.7 Å². The minimum absolute atomic E-state index is 0.0195. The van der Waals surface area contributed by atoms with Crippen molar-refractivity contribution in [3.05, 3.63) is 52.8 Å². The molecule has 0 spiro atoms. The fraction of sp³-hybridized carbons (Fsp3) is 0.353. The number of hydrogen-bond donors (Lipinski definition) is 0. The number of aromatic nitrogens is 2. The second kappa shape index (κ2) is 4.94. The summed E-state index contributed by atoms with van der Waals surface area (Å²) in [5.41, 5.74) is 2.95. The maximum Gasteiger partial charge on any atom is 0.259 e. The van der Waals surface area contributed by atoms with Crippen LogP contribution in [0.2, 0.25) is 0 Å². The van der Waals surface area contributed by atoms with Crippen molar-refractivity contribution in [1.29, 1.82) is 0 Å². The van der Waals surface area contributed by atoms with Crippen LogP contribution < -0.4 is 0 Å². The lowest BCUT2D eigenvalue weighted by molar-refractivity contribution is 0.0164. The quantitative estimate of drug-likeness (QED) is 0.806. The molecule has 118 valence electrons. The number of carbonyl (C=O) groups is 2. The summed E-state index contributed by atoms with van der Waals surface area (Å²) in [6.45, 7) is 3.17. The number of aryl methyl sites for hydroxylation is 2. The Hall–Kier alpha value is -2.63. The van der Waals surface area contributed by atoms with Crippen LogP contribution in [0.1, 0.15) is 44.6 Å². The molecule has 4 rings (SSSR count). The van der Waals surface area contributed by atoms with E-state index in [1.807, 2.05) is 31.2 Å². The van der Waals surface area contributed by atoms with E-state index in [1.165, 1.54) is 0 Å². The largest absolute Gasteiger partial charge is 0.314 e. The van der Waals surface area contributed by atoms with Crippen molar-refractivity contribution in [2.45, 2.75) is 19.5 Å². The summed E-state index contributed by atoms with van der Waals surface area (Å²) < 4.78 is 1.65. The van der Waals surface area contributed by atoms with Crippen LogP contribution in [0.25, 0.3) is 0 Å². The monoisotopic (exact) mass is 310 g/mol. The molecule has 6 nitrogen and oxygen atoms in total. The molecular weight excluding hydrogens is 292 g/mol. The Labute approximate surface area is 134 Å². The third-order valence-corrected chi connectivity index (χ3v) is 4.62. The fourth-order valence-electron chi connectivity index (χ4n) is 3.62. The van der Waals surface area contributed by atoms with Gasteiger partial charge in [-0.1, -0.05) is 18.2 Å². The maximum atomic E-state index is 13.0. The van der Waals surface area contributed by atoms with E-state index < -0.39 is 0 Å². The van der Waals surface area contributed by atoms with Gasteiger partial charge < -0.3 is 9.80 Å². The van der Waals surface area contributed by atoms with Crippen LogP contribution in [-0.4, -0.2) is 44.5 Å². The minimum atomic E-state index is -0.292. The van der Waals surface area contributed by atoms with Gasteiger partial charge in [0.1, 0.15) is 6.17 Å². The molecule has 1 fully saturated rings. The normalized spacial score (nSPS) is 19.7. The van der Waals surface area contributed by atoms with Crippen molar-refractivity contribution in [1.82, 2.24) is 19.6 Å². The summed E-state index contributed by atoms with van der Waals surface area (Å²) in [6.07, 6.45) is 2.25. The van der Waals surface area contributed by atoms with Crippen molar-refractivity contribution in [2.75, 3.05) is 13.1 Å². The van der Waals surface area contributed by atoms with Crippen LogP contribution in [0.4, 0.5) is 0 Å². The highest BCUT2D eigenvalue weighted by molar-refractivity contribution is 6.01. The average Bonchev–Trinajstić information content (AvgIpc) is 3.05. The topological polar surface area (TPSA) is 58.4 Å². The zero-order valence-corrected chi connectivity index (χ0v) is 13.2. The standard InChI is InChI=1S/C17H18N4O2/c1-11-14(10-19(2)18-11)17(23)21-9-5-8-20-15(21)12-6-3-4-7-13(12)16(20)22/h3-4,6-7,10,15H,5,8-9H2,1-2H3/t15-/m1/s1. The van der Waals surface area contributed by atoms with Crippen molar-refractivity contribution < 1.29 is 9.59 Å². The molecule has 0 aliphatic carbocycles. The van der Waals surface area contributed by atoms with Crippen molar-refractivity contribution in [2.24, 2.45) is 7.05 Å². The minimum Gasteiger partial charge on any atom is -0.314 e. The summed E-state index contributed by atoms with van der Waals surface area (Å²) in [5, 5.41) is 4.26. The molecule has 2 amide bonds. The third kappa shape index (κ3) is 1.98. The van der Waals surface area contributed by atoms with Gasteiger partial charge in [0.25, 0.3) is 11.8 Å². The summed E-state index contributed by atoms with van der Waals surface area (Å²) in [5.74, 6) is -0.0409. The molecule has 2 aromatic rings. The second-order valence-electron chi connectivity index (χ2n) is 6.11. The Bertz CT molecular complexity index is 811. The zero-order valence-electron chi connectivity index (χ0n) is 13.2. The van der Waals surface area contributed by atoms with E-state index in [9.17, 15) is 9.59 Å². The number of nitrogens with zero attached hydrogens (tertiary/aromatic N) is 4. The molecule has 1 aromatic heterocycles. The Morgan fingerprint density at radius 1 is 1.26 bits per heavy atom. The predicted molar refractivity (Wildman–Crippen MR) is 83.8 cm³/mol. The summed E-state index contributed by atoms with van der Waals surface area (Å²) in [4.78, 5) is 29.2. The molecule has 6 heteroatoms. The smallest absolute Gasteiger partial charge is 0.259 e. The Balaban J connectivity index is 1.76. The molecule has 23 heavy (non-hydrogen) atoms. The first-order valence-corrected chi connectivity index (χ1v) is 7.79. The molecule has 2 aliphatic heterocycles. The first kappa shape index (κ1) is 14.0. The molecule has 0 saturated carbocycles. The molecule has 1 aromatic carbocycles. The molecule has 0 radical (unpaired) electrons. The first-order valence-electron chi connectivity index (χ1n) is 7.79. The van der Waals surface area contributed by atoms with E-state index in [0.717, 1.165) is 12.0 Å². The highest BCUT2D eigenvalue weighted by Crippen LogP contribution is 2.39. The lowest BCUT2D eigenvalue weighted by atomic mass is 10.1. The van der Waals surface area contributed by atoms with Gasteiger partial charge in [0.15, 0.2) is 0 Å². The van der Waals surface area contributed by atoms with Gasteiger partial charge in [-0.2, -0.15) is 5.10 Å². The Kier molecular flexibility index (Phi) is 3.01. The van der Waals surface area contributed by atoms with Crippen LogP contribution in [0.3, 0.4) is 0 Å². The van der Waals surface area contributed by atoms with E-state index in [4.69, 9.17) is 0 Å². The van der Waals surface area contributed by atoms with Gasteiger partial charge in [0, 0.05) is 37.5 Å². The maximum absolute atomic E-state index is 13.0. The molecule has 2 aliphatic rings.